The topological polar surface area (TPSA) is 49.4 Å². The third kappa shape index (κ3) is 5.57. The van der Waals surface area contributed by atoms with Crippen LogP contribution in [0, 0.1) is 17.8 Å². The summed E-state index contributed by atoms with van der Waals surface area (Å²) in [7, 11) is 0. The van der Waals surface area contributed by atoms with Crippen LogP contribution in [0.1, 0.15) is 64.7 Å². The Balaban J connectivity index is 1.41. The van der Waals surface area contributed by atoms with Crippen LogP contribution in [0.15, 0.2) is 30.3 Å². The highest BCUT2D eigenvalue weighted by atomic mass is 16.2. The molecule has 1 aromatic rings. The van der Waals surface area contributed by atoms with Gasteiger partial charge < -0.3 is 10.2 Å². The lowest BCUT2D eigenvalue weighted by molar-refractivity contribution is -0.139. The van der Waals surface area contributed by atoms with Crippen molar-refractivity contribution in [3.63, 3.8) is 0 Å². The summed E-state index contributed by atoms with van der Waals surface area (Å²) in [6.45, 7) is 3.70. The maximum Gasteiger partial charge on any atom is 0.227 e. The molecule has 2 amide bonds. The molecule has 1 saturated heterocycles. The van der Waals surface area contributed by atoms with Gasteiger partial charge in [0.05, 0.1) is 0 Å². The van der Waals surface area contributed by atoms with Crippen LogP contribution < -0.4 is 5.32 Å². The zero-order chi connectivity index (χ0) is 19.1. The molecule has 4 nitrogen and oxygen atoms in total. The van der Waals surface area contributed by atoms with Crippen LogP contribution in [0.3, 0.4) is 0 Å². The van der Waals surface area contributed by atoms with Crippen molar-refractivity contribution in [1.29, 1.82) is 0 Å². The summed E-state index contributed by atoms with van der Waals surface area (Å²) in [6, 6.07) is 9.61. The van der Waals surface area contributed by atoms with E-state index in [1.807, 2.05) is 35.2 Å². The first-order chi connectivity index (χ1) is 13.2. The van der Waals surface area contributed by atoms with Gasteiger partial charge in [0.25, 0.3) is 0 Å². The molecule has 0 unspecified atom stereocenters. The van der Waals surface area contributed by atoms with E-state index >= 15 is 0 Å². The zero-order valence-corrected chi connectivity index (χ0v) is 16.7. The van der Waals surface area contributed by atoms with Gasteiger partial charge in [-0.25, -0.2) is 0 Å². The monoisotopic (exact) mass is 370 g/mol. The smallest absolute Gasteiger partial charge is 0.227 e. The number of carbonyl (C=O) groups is 2. The van der Waals surface area contributed by atoms with Crippen LogP contribution >= 0.6 is 0 Å². The summed E-state index contributed by atoms with van der Waals surface area (Å²) in [5.41, 5.74) is 0.848. The maximum absolute atomic E-state index is 12.9. The van der Waals surface area contributed by atoms with E-state index in [1.165, 1.54) is 32.1 Å². The number of nitrogens with zero attached hydrogens (tertiary/aromatic N) is 1. The minimum absolute atomic E-state index is 0.0130. The standard InChI is InChI=1S/C23H34N2O2/c1-2-3-7-18-10-12-20(13-11-18)23(27)25-16-14-19(15-17-25)22(26)24-21-8-5-4-6-9-21/h4-6,8-9,18-20H,2-3,7,10-17H2,1H3,(H,24,26). The molecule has 2 aliphatic rings. The summed E-state index contributed by atoms with van der Waals surface area (Å²) in [5.74, 6) is 1.49. The highest BCUT2D eigenvalue weighted by molar-refractivity contribution is 5.92. The third-order valence-electron chi connectivity index (χ3n) is 6.38. The lowest BCUT2D eigenvalue weighted by Gasteiger charge is -2.36. The number of piperidine rings is 1. The number of carbonyl (C=O) groups excluding carboxylic acids is 2. The second-order valence-electron chi connectivity index (χ2n) is 8.31. The first-order valence-corrected chi connectivity index (χ1v) is 10.8. The van der Waals surface area contributed by atoms with Crippen LogP contribution in [0.2, 0.25) is 0 Å². The Bertz CT molecular complexity index is 600. The maximum atomic E-state index is 12.9. The average molecular weight is 371 g/mol. The van der Waals surface area contributed by atoms with Gasteiger partial charge in [0.15, 0.2) is 0 Å². The number of para-hydroxylation sites is 1. The van der Waals surface area contributed by atoms with Crippen LogP contribution in [0.5, 0.6) is 0 Å². The zero-order valence-electron chi connectivity index (χ0n) is 16.7. The third-order valence-corrected chi connectivity index (χ3v) is 6.38. The van der Waals surface area contributed by atoms with Gasteiger partial charge in [-0.2, -0.15) is 0 Å². The number of nitrogens with one attached hydrogen (secondary N) is 1. The number of hydrogen-bond donors (Lipinski definition) is 1. The number of unbranched alkanes of at least 4 members (excludes halogenated alkanes) is 1. The van der Waals surface area contributed by atoms with E-state index in [0.29, 0.717) is 5.91 Å². The minimum atomic E-state index is 0.0130. The molecular weight excluding hydrogens is 336 g/mol. The molecule has 4 heteroatoms. The molecule has 1 aromatic carbocycles. The fourth-order valence-corrected chi connectivity index (χ4v) is 4.58. The molecule has 1 N–H and O–H groups in total. The van der Waals surface area contributed by atoms with E-state index in [9.17, 15) is 9.59 Å². The molecule has 1 aliphatic carbocycles. The Morgan fingerprint density at radius 3 is 2.26 bits per heavy atom. The predicted molar refractivity (Wildman–Crippen MR) is 109 cm³/mol. The second kappa shape index (κ2) is 9.91. The molecule has 3 rings (SSSR count). The van der Waals surface area contributed by atoms with Crippen molar-refractivity contribution in [3.05, 3.63) is 30.3 Å². The van der Waals surface area contributed by atoms with Crippen molar-refractivity contribution in [2.75, 3.05) is 18.4 Å². The highest BCUT2D eigenvalue weighted by Crippen LogP contribution is 2.33. The van der Waals surface area contributed by atoms with Crippen molar-refractivity contribution < 1.29 is 9.59 Å². The molecular formula is C23H34N2O2. The largest absolute Gasteiger partial charge is 0.342 e. The fourth-order valence-electron chi connectivity index (χ4n) is 4.58. The van der Waals surface area contributed by atoms with Crippen molar-refractivity contribution >= 4 is 17.5 Å². The van der Waals surface area contributed by atoms with Gasteiger partial charge in [-0.15, -0.1) is 0 Å². The summed E-state index contributed by atoms with van der Waals surface area (Å²) < 4.78 is 0. The normalized spacial score (nSPS) is 23.8. The molecule has 148 valence electrons. The van der Waals surface area contributed by atoms with Crippen LogP contribution in [-0.4, -0.2) is 29.8 Å². The number of anilines is 1. The molecule has 0 radical (unpaired) electrons. The average Bonchev–Trinajstić information content (AvgIpc) is 2.73. The Labute approximate surface area is 163 Å². The van der Waals surface area contributed by atoms with Crippen LogP contribution in [-0.2, 0) is 9.59 Å². The van der Waals surface area contributed by atoms with Gasteiger partial charge in [0.1, 0.15) is 0 Å². The molecule has 2 fully saturated rings. The van der Waals surface area contributed by atoms with E-state index in [0.717, 1.165) is 50.4 Å². The molecule has 0 atom stereocenters. The minimum Gasteiger partial charge on any atom is -0.342 e. The van der Waals surface area contributed by atoms with E-state index in [2.05, 4.69) is 12.2 Å². The van der Waals surface area contributed by atoms with Gasteiger partial charge in [-0.1, -0.05) is 44.4 Å². The van der Waals surface area contributed by atoms with Crippen molar-refractivity contribution in [3.8, 4) is 0 Å². The lowest BCUT2D eigenvalue weighted by Crippen LogP contribution is -2.44. The number of benzene rings is 1. The molecule has 1 aliphatic heterocycles. The highest BCUT2D eigenvalue weighted by Gasteiger charge is 2.32. The molecule has 1 heterocycles. The van der Waals surface area contributed by atoms with Crippen LogP contribution in [0.4, 0.5) is 5.69 Å². The Kier molecular flexibility index (Phi) is 7.31. The first-order valence-electron chi connectivity index (χ1n) is 10.8. The molecule has 27 heavy (non-hydrogen) atoms. The summed E-state index contributed by atoms with van der Waals surface area (Å²) in [6.07, 6.45) is 10.0. The Morgan fingerprint density at radius 2 is 1.63 bits per heavy atom. The lowest BCUT2D eigenvalue weighted by atomic mass is 9.79. The number of amides is 2. The molecule has 0 aromatic heterocycles. The van der Waals surface area contributed by atoms with E-state index in [-0.39, 0.29) is 17.7 Å². The number of hydrogen-bond acceptors (Lipinski definition) is 2. The number of likely N-dealkylation sites (tertiary alicyclic amines) is 1. The van der Waals surface area contributed by atoms with E-state index < -0.39 is 0 Å². The Hall–Kier alpha value is -1.84. The second-order valence-corrected chi connectivity index (χ2v) is 8.31. The summed E-state index contributed by atoms with van der Waals surface area (Å²) in [5, 5.41) is 3.00. The SMILES string of the molecule is CCCCC1CCC(C(=O)N2CCC(C(=O)Nc3ccccc3)CC2)CC1. The van der Waals surface area contributed by atoms with Gasteiger partial charge in [0, 0.05) is 30.6 Å². The number of rotatable bonds is 6. The molecule has 0 spiro atoms. The van der Waals surface area contributed by atoms with Gasteiger partial charge in [-0.3, -0.25) is 9.59 Å². The fraction of sp³-hybridized carbons (Fsp3) is 0.652. The van der Waals surface area contributed by atoms with E-state index in [1.54, 1.807) is 0 Å². The van der Waals surface area contributed by atoms with E-state index in [4.69, 9.17) is 0 Å². The van der Waals surface area contributed by atoms with Gasteiger partial charge in [0.2, 0.25) is 11.8 Å². The molecule has 0 bridgehead atoms. The predicted octanol–water partition coefficient (Wildman–Crippen LogP) is 4.86. The summed E-state index contributed by atoms with van der Waals surface area (Å²) in [4.78, 5) is 27.3. The van der Waals surface area contributed by atoms with Crippen molar-refractivity contribution in [1.82, 2.24) is 4.90 Å². The Morgan fingerprint density at radius 1 is 0.963 bits per heavy atom. The molecule has 1 saturated carbocycles. The van der Waals surface area contributed by atoms with Crippen LogP contribution in [0.25, 0.3) is 0 Å². The quantitative estimate of drug-likeness (QED) is 0.777. The van der Waals surface area contributed by atoms with Crippen molar-refractivity contribution in [2.24, 2.45) is 17.8 Å². The van der Waals surface area contributed by atoms with Crippen molar-refractivity contribution in [2.45, 2.75) is 64.7 Å². The summed E-state index contributed by atoms with van der Waals surface area (Å²) >= 11 is 0. The van der Waals surface area contributed by atoms with Gasteiger partial charge >= 0.3 is 0 Å². The first kappa shape index (κ1) is 19.9. The van der Waals surface area contributed by atoms with Gasteiger partial charge in [-0.05, 0) is 56.6 Å².